The van der Waals surface area contributed by atoms with Crippen LogP contribution in [0.15, 0.2) is 58.2 Å². The molecule has 0 spiro atoms. The van der Waals surface area contributed by atoms with Crippen molar-refractivity contribution in [3.8, 4) is 11.4 Å². The van der Waals surface area contributed by atoms with Gasteiger partial charge in [0.05, 0.1) is 4.53 Å². The molecule has 0 saturated heterocycles. The first-order valence-electron chi connectivity index (χ1n) is 9.01. The molecule has 2 aromatic heterocycles. The maximum Gasteiger partial charge on any atom is 0.291 e. The second-order valence-corrected chi connectivity index (χ2v) is 9.53. The van der Waals surface area contributed by atoms with Gasteiger partial charge in [0.1, 0.15) is 0 Å². The van der Waals surface area contributed by atoms with Crippen molar-refractivity contribution in [1.82, 2.24) is 14.6 Å². The van der Waals surface area contributed by atoms with Crippen LogP contribution in [0.4, 0.5) is 0 Å². The fourth-order valence-electron chi connectivity index (χ4n) is 2.93. The van der Waals surface area contributed by atoms with E-state index in [4.69, 9.17) is 0 Å². The van der Waals surface area contributed by atoms with Crippen LogP contribution in [0.1, 0.15) is 31.9 Å². The van der Waals surface area contributed by atoms with E-state index in [0.29, 0.717) is 15.3 Å². The van der Waals surface area contributed by atoms with Gasteiger partial charge < -0.3 is 0 Å². The zero-order valence-electron chi connectivity index (χ0n) is 16.3. The predicted octanol–water partition coefficient (Wildman–Crippen LogP) is 4.39. The van der Waals surface area contributed by atoms with Crippen LogP contribution in [-0.2, 0) is 5.41 Å². The third-order valence-electron chi connectivity index (χ3n) is 4.60. The number of aromatic nitrogens is 3. The second kappa shape index (κ2) is 7.18. The molecule has 0 bridgehead atoms. The summed E-state index contributed by atoms with van der Waals surface area (Å²) in [6.07, 6.45) is 3.94. The van der Waals surface area contributed by atoms with Crippen molar-refractivity contribution >= 4 is 34.1 Å². The second-order valence-electron chi connectivity index (χ2n) is 7.65. The molecule has 0 fully saturated rings. The number of hydrogen-bond donors (Lipinski definition) is 0. The fourth-order valence-corrected chi connectivity index (χ4v) is 4.24. The monoisotopic (exact) mass is 407 g/mol. The van der Waals surface area contributed by atoms with Gasteiger partial charge in [-0.15, -0.1) is 16.9 Å². The van der Waals surface area contributed by atoms with Crippen molar-refractivity contribution in [2.24, 2.45) is 0 Å². The largest absolute Gasteiger partial charge is 0.291 e. The summed E-state index contributed by atoms with van der Waals surface area (Å²) >= 11 is 3.06. The quantitative estimate of drug-likeness (QED) is 0.473. The van der Waals surface area contributed by atoms with Crippen molar-refractivity contribution in [2.75, 3.05) is 6.26 Å². The summed E-state index contributed by atoms with van der Waals surface area (Å²) in [5.74, 6) is 0.583. The summed E-state index contributed by atoms with van der Waals surface area (Å²) in [5, 5.41) is 4.44. The van der Waals surface area contributed by atoms with Gasteiger partial charge in [-0.1, -0.05) is 68.5 Å². The highest BCUT2D eigenvalue weighted by atomic mass is 32.2. The molecule has 28 heavy (non-hydrogen) atoms. The first kappa shape index (κ1) is 18.9. The number of hydrogen-bond acceptors (Lipinski definition) is 5. The summed E-state index contributed by atoms with van der Waals surface area (Å²) in [7, 11) is 0. The fraction of sp³-hybridized carbons (Fsp3) is 0.227. The van der Waals surface area contributed by atoms with Crippen LogP contribution in [0.2, 0.25) is 0 Å². The van der Waals surface area contributed by atoms with Crippen molar-refractivity contribution in [3.63, 3.8) is 0 Å². The Kier molecular flexibility index (Phi) is 4.85. The summed E-state index contributed by atoms with van der Waals surface area (Å²) in [4.78, 5) is 19.1. The first-order chi connectivity index (χ1) is 13.3. The molecule has 2 aromatic carbocycles. The molecular formula is C22H21N3OS2. The van der Waals surface area contributed by atoms with Crippen LogP contribution in [0.25, 0.3) is 22.4 Å². The molecule has 0 saturated carbocycles. The normalized spacial score (nSPS) is 12.8. The highest BCUT2D eigenvalue weighted by molar-refractivity contribution is 7.98. The number of fused-ring (bicyclic) bond motifs is 1. The molecule has 0 aliphatic carbocycles. The lowest BCUT2D eigenvalue weighted by atomic mass is 9.87. The highest BCUT2D eigenvalue weighted by Gasteiger charge is 2.15. The zero-order chi connectivity index (χ0) is 19.9. The minimum Gasteiger partial charge on any atom is -0.266 e. The van der Waals surface area contributed by atoms with E-state index in [9.17, 15) is 4.79 Å². The summed E-state index contributed by atoms with van der Waals surface area (Å²) in [6, 6.07) is 16.4. The third kappa shape index (κ3) is 3.62. The van der Waals surface area contributed by atoms with Gasteiger partial charge in [-0.2, -0.15) is 9.50 Å². The molecule has 0 aliphatic heterocycles. The van der Waals surface area contributed by atoms with Gasteiger partial charge in [-0.25, -0.2) is 0 Å². The Hall–Kier alpha value is -2.44. The Morgan fingerprint density at radius 3 is 2.29 bits per heavy atom. The van der Waals surface area contributed by atoms with Gasteiger partial charge in [0.2, 0.25) is 4.96 Å². The van der Waals surface area contributed by atoms with Crippen LogP contribution in [-0.4, -0.2) is 20.9 Å². The number of nitrogens with zero attached hydrogens (tertiary/aromatic N) is 3. The molecule has 0 atom stereocenters. The molecule has 0 radical (unpaired) electrons. The Bertz CT molecular complexity index is 1230. The van der Waals surface area contributed by atoms with Crippen molar-refractivity contribution < 1.29 is 0 Å². The minimum absolute atomic E-state index is 0.0987. The number of thioether (sulfide) groups is 1. The van der Waals surface area contributed by atoms with E-state index in [-0.39, 0.29) is 11.0 Å². The van der Waals surface area contributed by atoms with Gasteiger partial charge in [0.15, 0.2) is 5.82 Å². The molecule has 4 nitrogen and oxygen atoms in total. The van der Waals surface area contributed by atoms with Crippen LogP contribution in [0.5, 0.6) is 0 Å². The van der Waals surface area contributed by atoms with Gasteiger partial charge in [0, 0.05) is 10.5 Å². The van der Waals surface area contributed by atoms with E-state index in [1.54, 1.807) is 11.8 Å². The van der Waals surface area contributed by atoms with Crippen molar-refractivity contribution in [3.05, 3.63) is 74.5 Å². The topological polar surface area (TPSA) is 47.3 Å². The first-order valence-corrected chi connectivity index (χ1v) is 11.1. The Labute approximate surface area is 171 Å². The number of thiazole rings is 1. The predicted molar refractivity (Wildman–Crippen MR) is 118 cm³/mol. The summed E-state index contributed by atoms with van der Waals surface area (Å²) in [5.41, 5.74) is 3.14. The van der Waals surface area contributed by atoms with Crippen molar-refractivity contribution in [2.45, 2.75) is 31.1 Å². The van der Waals surface area contributed by atoms with Crippen LogP contribution < -0.4 is 10.1 Å². The maximum absolute atomic E-state index is 12.7. The standard InChI is InChI=1S/C22H21N3OS2/c1-22(2,3)16-9-7-15(8-10-16)19-23-21-25(24-19)20(26)18(28-21)13-14-5-11-17(27-4)12-6-14/h5-13H,1-4H3/b18-13-. The lowest BCUT2D eigenvalue weighted by Crippen LogP contribution is -2.23. The molecule has 0 aliphatic rings. The third-order valence-corrected chi connectivity index (χ3v) is 6.31. The Balaban J connectivity index is 1.70. The minimum atomic E-state index is -0.126. The van der Waals surface area contributed by atoms with Gasteiger partial charge in [0.25, 0.3) is 5.56 Å². The van der Waals surface area contributed by atoms with E-state index in [1.807, 2.05) is 36.6 Å². The van der Waals surface area contributed by atoms with Crippen molar-refractivity contribution in [1.29, 1.82) is 0 Å². The number of rotatable bonds is 3. The molecule has 4 aromatic rings. The average Bonchev–Trinajstić information content (AvgIpc) is 3.22. The van der Waals surface area contributed by atoms with Gasteiger partial charge in [-0.3, -0.25) is 4.79 Å². The van der Waals surface area contributed by atoms with E-state index in [1.165, 1.54) is 26.3 Å². The molecule has 0 amide bonds. The maximum atomic E-state index is 12.7. The van der Waals surface area contributed by atoms with Crippen LogP contribution in [0.3, 0.4) is 0 Å². The van der Waals surface area contributed by atoms with Gasteiger partial charge >= 0.3 is 0 Å². The SMILES string of the molecule is CSc1ccc(/C=c2\sc3nc(-c4ccc(C(C)(C)C)cc4)nn3c2=O)cc1. The number of benzene rings is 2. The smallest absolute Gasteiger partial charge is 0.266 e. The van der Waals surface area contributed by atoms with Gasteiger partial charge in [-0.05, 0) is 41.0 Å². The summed E-state index contributed by atoms with van der Waals surface area (Å²) < 4.78 is 2.04. The van der Waals surface area contributed by atoms with E-state index in [0.717, 1.165) is 11.1 Å². The molecule has 0 N–H and O–H groups in total. The molecule has 142 valence electrons. The van der Waals surface area contributed by atoms with Crippen LogP contribution >= 0.6 is 23.1 Å². The average molecular weight is 408 g/mol. The highest BCUT2D eigenvalue weighted by Crippen LogP contribution is 2.25. The Morgan fingerprint density at radius 2 is 1.71 bits per heavy atom. The summed E-state index contributed by atoms with van der Waals surface area (Å²) in [6.45, 7) is 6.55. The van der Waals surface area contributed by atoms with E-state index >= 15 is 0 Å². The molecule has 0 unspecified atom stereocenters. The van der Waals surface area contributed by atoms with E-state index in [2.05, 4.69) is 55.1 Å². The van der Waals surface area contributed by atoms with E-state index < -0.39 is 0 Å². The zero-order valence-corrected chi connectivity index (χ0v) is 17.9. The van der Waals surface area contributed by atoms with Crippen LogP contribution in [0, 0.1) is 0 Å². The molecule has 2 heterocycles. The molecular weight excluding hydrogens is 386 g/mol. The molecule has 6 heteroatoms. The lowest BCUT2D eigenvalue weighted by molar-refractivity contribution is 0.590. The molecule has 4 rings (SSSR count). The lowest BCUT2D eigenvalue weighted by Gasteiger charge is -2.18. The Morgan fingerprint density at radius 1 is 1.04 bits per heavy atom.